The van der Waals surface area contributed by atoms with Gasteiger partial charge < -0.3 is 4.98 Å². The van der Waals surface area contributed by atoms with Crippen LogP contribution in [0.15, 0.2) is 71.5 Å². The Labute approximate surface area is 123 Å². The molecule has 0 aliphatic rings. The summed E-state index contributed by atoms with van der Waals surface area (Å²) in [4.78, 5) is 19.2. The zero-order valence-electron chi connectivity index (χ0n) is 11.6. The maximum Gasteiger partial charge on any atom is 0.251 e. The number of aryl methyl sites for hydroxylation is 2. The predicted molar refractivity (Wildman–Crippen MR) is 84.1 cm³/mol. The summed E-state index contributed by atoms with van der Waals surface area (Å²) in [6, 6.07) is 21.5. The van der Waals surface area contributed by atoms with E-state index in [0.29, 0.717) is 0 Å². The van der Waals surface area contributed by atoms with Crippen molar-refractivity contribution in [3.8, 4) is 11.3 Å². The highest BCUT2D eigenvalue weighted by Gasteiger charge is 2.04. The number of nitrogens with one attached hydrogen (secondary N) is 1. The van der Waals surface area contributed by atoms with Crippen molar-refractivity contribution in [2.24, 2.45) is 0 Å². The number of rotatable bonds is 4. The van der Waals surface area contributed by atoms with Gasteiger partial charge in [-0.3, -0.25) is 4.79 Å². The molecule has 1 N–H and O–H groups in total. The van der Waals surface area contributed by atoms with Crippen molar-refractivity contribution in [2.75, 3.05) is 0 Å². The van der Waals surface area contributed by atoms with Crippen molar-refractivity contribution >= 4 is 0 Å². The van der Waals surface area contributed by atoms with E-state index in [1.807, 2.05) is 48.5 Å². The Hall–Kier alpha value is -2.68. The van der Waals surface area contributed by atoms with Crippen LogP contribution in [0.5, 0.6) is 0 Å². The second-order valence-electron chi connectivity index (χ2n) is 4.93. The highest BCUT2D eigenvalue weighted by Crippen LogP contribution is 2.14. The lowest BCUT2D eigenvalue weighted by atomic mass is 10.1. The zero-order valence-corrected chi connectivity index (χ0v) is 11.6. The van der Waals surface area contributed by atoms with E-state index in [1.165, 1.54) is 5.56 Å². The second-order valence-corrected chi connectivity index (χ2v) is 4.93. The van der Waals surface area contributed by atoms with E-state index in [9.17, 15) is 4.79 Å². The zero-order chi connectivity index (χ0) is 14.5. The van der Waals surface area contributed by atoms with Crippen molar-refractivity contribution in [3.63, 3.8) is 0 Å². The summed E-state index contributed by atoms with van der Waals surface area (Å²) < 4.78 is 0. The fourth-order valence-electron chi connectivity index (χ4n) is 2.29. The highest BCUT2D eigenvalue weighted by atomic mass is 16.1. The molecular formula is C18H16N2O. The van der Waals surface area contributed by atoms with Crippen LogP contribution in [0.3, 0.4) is 0 Å². The Balaban J connectivity index is 1.83. The van der Waals surface area contributed by atoms with Gasteiger partial charge in [-0.15, -0.1) is 0 Å². The van der Waals surface area contributed by atoms with Gasteiger partial charge in [0.05, 0.1) is 5.69 Å². The average molecular weight is 276 g/mol. The summed E-state index contributed by atoms with van der Waals surface area (Å²) in [6.45, 7) is 0. The molecule has 0 saturated carbocycles. The van der Waals surface area contributed by atoms with Crippen LogP contribution < -0.4 is 5.56 Å². The molecule has 2 aromatic carbocycles. The van der Waals surface area contributed by atoms with Crippen molar-refractivity contribution in [3.05, 3.63) is 88.5 Å². The first-order chi connectivity index (χ1) is 10.3. The Morgan fingerprint density at radius 2 is 1.52 bits per heavy atom. The summed E-state index contributed by atoms with van der Waals surface area (Å²) in [5.41, 5.74) is 2.82. The van der Waals surface area contributed by atoms with Gasteiger partial charge in [0, 0.05) is 18.1 Å². The van der Waals surface area contributed by atoms with E-state index >= 15 is 0 Å². The standard InChI is InChI=1S/C18H16N2O/c21-18-13-16(15-9-5-2-6-10-15)19-17(20-18)12-11-14-7-3-1-4-8-14/h1-10,13H,11-12H2,(H,19,20,21). The van der Waals surface area contributed by atoms with Gasteiger partial charge in [0.25, 0.3) is 5.56 Å². The highest BCUT2D eigenvalue weighted by molar-refractivity contribution is 5.58. The predicted octanol–water partition coefficient (Wildman–Crippen LogP) is 3.22. The molecule has 3 aromatic rings. The first-order valence-electron chi connectivity index (χ1n) is 7.01. The third-order valence-electron chi connectivity index (χ3n) is 3.35. The number of hydrogen-bond donors (Lipinski definition) is 1. The van der Waals surface area contributed by atoms with E-state index in [-0.39, 0.29) is 5.56 Å². The second kappa shape index (κ2) is 6.18. The van der Waals surface area contributed by atoms with Gasteiger partial charge in [0.15, 0.2) is 0 Å². The fraction of sp³-hybridized carbons (Fsp3) is 0.111. The number of aromatic amines is 1. The number of aromatic nitrogens is 2. The lowest BCUT2D eigenvalue weighted by Gasteiger charge is -2.05. The van der Waals surface area contributed by atoms with Crippen molar-refractivity contribution in [1.82, 2.24) is 9.97 Å². The smallest absolute Gasteiger partial charge is 0.251 e. The largest absolute Gasteiger partial charge is 0.311 e. The molecule has 1 heterocycles. The minimum atomic E-state index is -0.105. The van der Waals surface area contributed by atoms with Crippen LogP contribution in [0, 0.1) is 0 Å². The summed E-state index contributed by atoms with van der Waals surface area (Å²) in [7, 11) is 0. The Bertz CT molecular complexity index is 764. The van der Waals surface area contributed by atoms with Crippen LogP contribution in [0.4, 0.5) is 0 Å². The molecule has 0 radical (unpaired) electrons. The van der Waals surface area contributed by atoms with Crippen LogP contribution >= 0.6 is 0 Å². The number of nitrogens with zero attached hydrogens (tertiary/aromatic N) is 1. The van der Waals surface area contributed by atoms with Gasteiger partial charge in [-0.25, -0.2) is 4.98 Å². The molecule has 3 heteroatoms. The first kappa shape index (κ1) is 13.3. The van der Waals surface area contributed by atoms with Crippen molar-refractivity contribution in [1.29, 1.82) is 0 Å². The molecule has 0 unspecified atom stereocenters. The van der Waals surface area contributed by atoms with Gasteiger partial charge in [-0.1, -0.05) is 60.7 Å². The lowest BCUT2D eigenvalue weighted by Crippen LogP contribution is -2.11. The molecule has 3 nitrogen and oxygen atoms in total. The Kier molecular flexibility index (Phi) is 3.92. The normalized spacial score (nSPS) is 10.5. The molecular weight excluding hydrogens is 260 g/mol. The molecule has 1 aromatic heterocycles. The van der Waals surface area contributed by atoms with Gasteiger partial charge in [-0.05, 0) is 12.0 Å². The van der Waals surface area contributed by atoms with Gasteiger partial charge in [0.1, 0.15) is 5.82 Å². The van der Waals surface area contributed by atoms with Gasteiger partial charge >= 0.3 is 0 Å². The van der Waals surface area contributed by atoms with Crippen LogP contribution in [-0.2, 0) is 12.8 Å². The summed E-state index contributed by atoms with van der Waals surface area (Å²) >= 11 is 0. The maximum atomic E-state index is 11.8. The Morgan fingerprint density at radius 3 is 2.24 bits per heavy atom. The summed E-state index contributed by atoms with van der Waals surface area (Å²) in [5, 5.41) is 0. The molecule has 0 amide bonds. The molecule has 0 aliphatic heterocycles. The quantitative estimate of drug-likeness (QED) is 0.795. The topological polar surface area (TPSA) is 45.8 Å². The fourth-order valence-corrected chi connectivity index (χ4v) is 2.29. The molecule has 0 fully saturated rings. The van der Waals surface area contributed by atoms with Crippen molar-refractivity contribution in [2.45, 2.75) is 12.8 Å². The van der Waals surface area contributed by atoms with Crippen LogP contribution in [0.2, 0.25) is 0 Å². The van der Waals surface area contributed by atoms with Gasteiger partial charge in [0.2, 0.25) is 0 Å². The van der Waals surface area contributed by atoms with Crippen LogP contribution in [0.25, 0.3) is 11.3 Å². The monoisotopic (exact) mass is 276 g/mol. The number of benzene rings is 2. The lowest BCUT2D eigenvalue weighted by molar-refractivity contribution is 0.850. The third kappa shape index (κ3) is 3.45. The first-order valence-corrected chi connectivity index (χ1v) is 7.01. The summed E-state index contributed by atoms with van der Waals surface area (Å²) in [6.07, 6.45) is 1.59. The Morgan fingerprint density at radius 1 is 0.857 bits per heavy atom. The molecule has 0 spiro atoms. The molecule has 0 saturated heterocycles. The number of H-pyrrole nitrogens is 1. The minimum absolute atomic E-state index is 0.105. The molecule has 0 bridgehead atoms. The third-order valence-corrected chi connectivity index (χ3v) is 3.35. The molecule has 21 heavy (non-hydrogen) atoms. The molecule has 3 rings (SSSR count). The maximum absolute atomic E-state index is 11.8. The van der Waals surface area contributed by atoms with Crippen LogP contribution in [-0.4, -0.2) is 9.97 Å². The van der Waals surface area contributed by atoms with E-state index < -0.39 is 0 Å². The molecule has 0 aliphatic carbocycles. The van der Waals surface area contributed by atoms with E-state index in [2.05, 4.69) is 22.1 Å². The summed E-state index contributed by atoms with van der Waals surface area (Å²) in [5.74, 6) is 0.727. The average Bonchev–Trinajstić information content (AvgIpc) is 2.54. The van der Waals surface area contributed by atoms with Gasteiger partial charge in [-0.2, -0.15) is 0 Å². The van der Waals surface area contributed by atoms with E-state index in [0.717, 1.165) is 29.9 Å². The van der Waals surface area contributed by atoms with Crippen LogP contribution in [0.1, 0.15) is 11.4 Å². The van der Waals surface area contributed by atoms with E-state index in [4.69, 9.17) is 0 Å². The van der Waals surface area contributed by atoms with E-state index in [1.54, 1.807) is 6.07 Å². The molecule has 0 atom stereocenters. The minimum Gasteiger partial charge on any atom is -0.311 e. The molecule has 104 valence electrons. The number of hydrogen-bond acceptors (Lipinski definition) is 2. The SMILES string of the molecule is O=c1cc(-c2ccccc2)nc(CCc2ccccc2)[nH]1. The van der Waals surface area contributed by atoms with Crippen molar-refractivity contribution < 1.29 is 0 Å².